The van der Waals surface area contributed by atoms with Gasteiger partial charge in [0.25, 0.3) is 0 Å². The van der Waals surface area contributed by atoms with Crippen LogP contribution in [0, 0.1) is 6.92 Å². The summed E-state index contributed by atoms with van der Waals surface area (Å²) in [6.07, 6.45) is 3.53. The van der Waals surface area contributed by atoms with Crippen LogP contribution in [0.5, 0.6) is 0 Å². The first-order chi connectivity index (χ1) is 8.99. The molecule has 0 aromatic heterocycles. The molecular weight excluding hydrogens is 280 g/mol. The number of hydrogen-bond acceptors (Lipinski definition) is 4. The number of nitrogens with one attached hydrogen (secondary N) is 1. The molecule has 1 aromatic carbocycles. The normalized spacial score (nSPS) is 20.4. The Labute approximate surface area is 119 Å². The molecule has 0 bridgehead atoms. The van der Waals surface area contributed by atoms with Crippen LogP contribution in [-0.4, -0.2) is 26.0 Å². The summed E-state index contributed by atoms with van der Waals surface area (Å²) in [6.45, 7) is 2.27. The van der Waals surface area contributed by atoms with Crippen LogP contribution in [0.15, 0.2) is 23.1 Å². The molecule has 6 heteroatoms. The van der Waals surface area contributed by atoms with Crippen LogP contribution in [0.3, 0.4) is 0 Å². The van der Waals surface area contributed by atoms with Crippen molar-refractivity contribution in [2.75, 3.05) is 18.0 Å². The fourth-order valence-electron chi connectivity index (χ4n) is 2.22. The summed E-state index contributed by atoms with van der Waals surface area (Å²) in [5.74, 6) is 1.13. The molecule has 0 saturated carbocycles. The summed E-state index contributed by atoms with van der Waals surface area (Å²) < 4.78 is 27.2. The summed E-state index contributed by atoms with van der Waals surface area (Å²) in [7, 11) is -3.43. The van der Waals surface area contributed by atoms with Crippen molar-refractivity contribution in [2.24, 2.45) is 0 Å². The number of nitrogen functional groups attached to an aromatic ring is 1. The molecule has 1 saturated heterocycles. The lowest BCUT2D eigenvalue weighted by molar-refractivity contribution is 0.573. The summed E-state index contributed by atoms with van der Waals surface area (Å²) in [4.78, 5) is 0.322. The van der Waals surface area contributed by atoms with Crippen molar-refractivity contribution in [3.05, 3.63) is 23.8 Å². The molecule has 0 amide bonds. The molecule has 1 heterocycles. The lowest BCUT2D eigenvalue weighted by Gasteiger charge is -2.21. The van der Waals surface area contributed by atoms with E-state index in [1.54, 1.807) is 25.1 Å². The van der Waals surface area contributed by atoms with Gasteiger partial charge in [0, 0.05) is 17.5 Å². The van der Waals surface area contributed by atoms with Gasteiger partial charge in [0.2, 0.25) is 10.0 Å². The van der Waals surface area contributed by atoms with Gasteiger partial charge in [-0.15, -0.1) is 0 Å². The van der Waals surface area contributed by atoms with Gasteiger partial charge in [-0.05, 0) is 49.3 Å². The summed E-state index contributed by atoms with van der Waals surface area (Å²) in [5.41, 5.74) is 6.91. The summed E-state index contributed by atoms with van der Waals surface area (Å²) in [6, 6.07) is 4.88. The van der Waals surface area contributed by atoms with E-state index in [0.717, 1.165) is 12.2 Å². The van der Waals surface area contributed by atoms with Gasteiger partial charge in [0.1, 0.15) is 0 Å². The molecule has 19 heavy (non-hydrogen) atoms. The van der Waals surface area contributed by atoms with Crippen molar-refractivity contribution in [3.63, 3.8) is 0 Å². The molecular formula is C13H20N2O2S2. The number of benzene rings is 1. The zero-order valence-electron chi connectivity index (χ0n) is 11.1. The second kappa shape index (κ2) is 6.15. The van der Waals surface area contributed by atoms with Crippen molar-refractivity contribution in [1.29, 1.82) is 0 Å². The fraction of sp³-hybridized carbons (Fsp3) is 0.538. The molecule has 1 aliphatic heterocycles. The minimum absolute atomic E-state index is 0.322. The average Bonchev–Trinajstić information content (AvgIpc) is 2.37. The highest BCUT2D eigenvalue weighted by atomic mass is 32.2. The molecule has 1 fully saturated rings. The van der Waals surface area contributed by atoms with Gasteiger partial charge in [-0.1, -0.05) is 6.42 Å². The molecule has 4 nitrogen and oxygen atoms in total. The lowest BCUT2D eigenvalue weighted by Crippen LogP contribution is -2.32. The van der Waals surface area contributed by atoms with Gasteiger partial charge in [-0.3, -0.25) is 0 Å². The predicted octanol–water partition coefficient (Wildman–Crippen LogP) is 2.14. The highest BCUT2D eigenvalue weighted by Gasteiger charge is 2.20. The molecule has 0 spiro atoms. The van der Waals surface area contributed by atoms with Crippen molar-refractivity contribution in [3.8, 4) is 0 Å². The van der Waals surface area contributed by atoms with E-state index in [1.807, 2.05) is 11.8 Å². The number of anilines is 1. The van der Waals surface area contributed by atoms with Gasteiger partial charge in [-0.25, -0.2) is 13.1 Å². The first-order valence-corrected chi connectivity index (χ1v) is 8.99. The molecule has 0 aliphatic carbocycles. The molecule has 106 valence electrons. The van der Waals surface area contributed by atoms with Crippen LogP contribution in [0.1, 0.15) is 24.8 Å². The zero-order chi connectivity index (χ0) is 13.9. The number of hydrogen-bond donors (Lipinski definition) is 2. The number of sulfonamides is 1. The topological polar surface area (TPSA) is 72.2 Å². The Hall–Kier alpha value is -0.720. The molecule has 0 radical (unpaired) electrons. The van der Waals surface area contributed by atoms with Crippen LogP contribution in [0.2, 0.25) is 0 Å². The van der Waals surface area contributed by atoms with Crippen molar-refractivity contribution in [1.82, 2.24) is 4.72 Å². The highest BCUT2D eigenvalue weighted by Crippen LogP contribution is 2.25. The average molecular weight is 300 g/mol. The third-order valence-electron chi connectivity index (χ3n) is 3.26. The number of nitrogens with two attached hydrogens (primary N) is 1. The fourth-order valence-corrected chi connectivity index (χ4v) is 4.87. The second-order valence-electron chi connectivity index (χ2n) is 4.87. The van der Waals surface area contributed by atoms with Crippen LogP contribution in [0.4, 0.5) is 5.69 Å². The van der Waals surface area contributed by atoms with E-state index >= 15 is 0 Å². The van der Waals surface area contributed by atoms with E-state index in [1.165, 1.54) is 12.8 Å². The molecule has 3 N–H and O–H groups in total. The minimum atomic E-state index is -3.43. The Bertz CT molecular complexity index is 538. The maximum Gasteiger partial charge on any atom is 0.240 e. The maximum absolute atomic E-state index is 12.2. The van der Waals surface area contributed by atoms with Crippen LogP contribution < -0.4 is 10.5 Å². The predicted molar refractivity (Wildman–Crippen MR) is 80.9 cm³/mol. The van der Waals surface area contributed by atoms with E-state index in [9.17, 15) is 8.42 Å². The Morgan fingerprint density at radius 2 is 2.21 bits per heavy atom. The van der Waals surface area contributed by atoms with E-state index < -0.39 is 10.0 Å². The van der Waals surface area contributed by atoms with Crippen LogP contribution >= 0.6 is 11.8 Å². The highest BCUT2D eigenvalue weighted by molar-refractivity contribution is 8.00. The van der Waals surface area contributed by atoms with Crippen LogP contribution in [-0.2, 0) is 10.0 Å². The first kappa shape index (κ1) is 14.7. The summed E-state index contributed by atoms with van der Waals surface area (Å²) in [5, 5.41) is 0.401. The number of thioether (sulfide) groups is 1. The Morgan fingerprint density at radius 3 is 2.84 bits per heavy atom. The molecule has 1 aliphatic rings. The van der Waals surface area contributed by atoms with Gasteiger partial charge in [0.05, 0.1) is 4.90 Å². The van der Waals surface area contributed by atoms with Gasteiger partial charge in [-0.2, -0.15) is 11.8 Å². The van der Waals surface area contributed by atoms with Gasteiger partial charge >= 0.3 is 0 Å². The van der Waals surface area contributed by atoms with Crippen LogP contribution in [0.25, 0.3) is 0 Å². The van der Waals surface area contributed by atoms with E-state index in [4.69, 9.17) is 5.73 Å². The third kappa shape index (κ3) is 3.87. The maximum atomic E-state index is 12.2. The van der Waals surface area contributed by atoms with Crippen molar-refractivity contribution >= 4 is 27.5 Å². The number of rotatable bonds is 4. The summed E-state index contributed by atoms with van der Waals surface area (Å²) >= 11 is 1.86. The monoisotopic (exact) mass is 300 g/mol. The van der Waals surface area contributed by atoms with Gasteiger partial charge in [0.15, 0.2) is 0 Å². The van der Waals surface area contributed by atoms with Crippen molar-refractivity contribution < 1.29 is 8.42 Å². The van der Waals surface area contributed by atoms with Gasteiger partial charge < -0.3 is 5.73 Å². The molecule has 1 atom stereocenters. The third-order valence-corrected chi connectivity index (χ3v) is 6.25. The second-order valence-corrected chi connectivity index (χ2v) is 8.01. The minimum Gasteiger partial charge on any atom is -0.399 e. The van der Waals surface area contributed by atoms with E-state index in [-0.39, 0.29) is 0 Å². The molecule has 1 aromatic rings. The van der Waals surface area contributed by atoms with E-state index in [0.29, 0.717) is 27.9 Å². The lowest BCUT2D eigenvalue weighted by atomic mass is 10.2. The zero-order valence-corrected chi connectivity index (χ0v) is 12.7. The quantitative estimate of drug-likeness (QED) is 0.836. The largest absolute Gasteiger partial charge is 0.399 e. The number of aryl methyl sites for hydroxylation is 1. The SMILES string of the molecule is Cc1cc(N)ccc1S(=O)(=O)NCC1CCCCS1. The molecule has 1 unspecified atom stereocenters. The Kier molecular flexibility index (Phi) is 4.76. The Morgan fingerprint density at radius 1 is 1.42 bits per heavy atom. The Balaban J connectivity index is 2.05. The standard InChI is InChI=1S/C13H20N2O2S2/c1-10-8-11(14)5-6-13(10)19(16,17)15-9-12-4-2-3-7-18-12/h5-6,8,12,15H,2-4,7,9,14H2,1H3. The first-order valence-electron chi connectivity index (χ1n) is 6.46. The smallest absolute Gasteiger partial charge is 0.240 e. The van der Waals surface area contributed by atoms with E-state index in [2.05, 4.69) is 4.72 Å². The molecule has 2 rings (SSSR count). The van der Waals surface area contributed by atoms with Crippen molar-refractivity contribution in [2.45, 2.75) is 36.3 Å².